The van der Waals surface area contributed by atoms with Gasteiger partial charge in [0, 0.05) is 0 Å². The van der Waals surface area contributed by atoms with E-state index in [1.165, 1.54) is 0 Å². The van der Waals surface area contributed by atoms with Crippen molar-refractivity contribution in [2.75, 3.05) is 0 Å². The number of esters is 2. The zero-order valence-corrected chi connectivity index (χ0v) is 6.90. The van der Waals surface area contributed by atoms with E-state index in [9.17, 15) is 9.59 Å². The molecule has 4 N–H and O–H groups in total. The molecule has 1 fully saturated rings. The van der Waals surface area contributed by atoms with Crippen LogP contribution in [-0.4, -0.2) is 28.4 Å². The van der Waals surface area contributed by atoms with Gasteiger partial charge >= 0.3 is 11.9 Å². The van der Waals surface area contributed by atoms with Crippen LogP contribution in [0.15, 0.2) is 18.9 Å². The van der Waals surface area contributed by atoms with Gasteiger partial charge < -0.3 is 15.1 Å². The lowest BCUT2D eigenvalue weighted by molar-refractivity contribution is -0.154. The van der Waals surface area contributed by atoms with Gasteiger partial charge in [-0.25, -0.2) is 10.7 Å². The fourth-order valence-corrected chi connectivity index (χ4v) is 0.463. The molecule has 0 aromatic rings. The third-order valence-electron chi connectivity index (χ3n) is 0.847. The summed E-state index contributed by atoms with van der Waals surface area (Å²) in [4.78, 5) is 20.2. The Hall–Kier alpha value is -1.46. The third kappa shape index (κ3) is 6.92. The Morgan fingerprint density at radius 1 is 1.46 bits per heavy atom. The van der Waals surface area contributed by atoms with Gasteiger partial charge in [-0.2, -0.15) is 0 Å². The largest absolute Gasteiger partial charge is 0.391 e. The molecule has 1 aliphatic heterocycles. The van der Waals surface area contributed by atoms with E-state index < -0.39 is 18.0 Å². The molecule has 0 aliphatic carbocycles. The van der Waals surface area contributed by atoms with E-state index in [0.29, 0.717) is 0 Å². The molecular weight excluding hydrogens is 178 g/mol. The zero-order valence-electron chi connectivity index (χ0n) is 6.90. The van der Waals surface area contributed by atoms with Crippen LogP contribution in [0.5, 0.6) is 0 Å². The van der Waals surface area contributed by atoms with Crippen molar-refractivity contribution in [3.8, 4) is 0 Å². The summed E-state index contributed by atoms with van der Waals surface area (Å²) in [6.45, 7) is 6.25. The number of nitrogens with two attached hydrogens (primary N) is 1. The summed E-state index contributed by atoms with van der Waals surface area (Å²) in [5, 5.41) is 15.0. The molecular formula is C7H11NO5. The van der Waals surface area contributed by atoms with Crippen LogP contribution >= 0.6 is 0 Å². The monoisotopic (exact) mass is 189 g/mol. The lowest BCUT2D eigenvalue weighted by Gasteiger charge is -1.86. The summed E-state index contributed by atoms with van der Waals surface area (Å²) in [7, 11) is 0. The molecule has 1 aliphatic rings. The van der Waals surface area contributed by atoms with Crippen molar-refractivity contribution in [3.63, 3.8) is 0 Å². The Bertz CT molecular complexity index is 207. The molecule has 1 rings (SSSR count). The molecule has 0 radical (unpaired) electrons. The number of hydrogen-bond donors (Lipinski definition) is 3. The van der Waals surface area contributed by atoms with Crippen molar-refractivity contribution < 1.29 is 24.6 Å². The van der Waals surface area contributed by atoms with Crippen molar-refractivity contribution >= 4 is 11.9 Å². The van der Waals surface area contributed by atoms with Gasteiger partial charge in [-0.05, 0) is 0 Å². The molecule has 0 aromatic carbocycles. The van der Waals surface area contributed by atoms with Crippen LogP contribution < -0.4 is 5.90 Å². The number of ether oxygens (including phenoxy) is 1. The van der Waals surface area contributed by atoms with Gasteiger partial charge in [0.15, 0.2) is 6.10 Å². The number of aliphatic hydroxyl groups is 1. The molecule has 0 amide bonds. The Morgan fingerprint density at radius 3 is 1.92 bits per heavy atom. The van der Waals surface area contributed by atoms with Crippen molar-refractivity contribution in [2.45, 2.75) is 12.5 Å². The second kappa shape index (κ2) is 8.63. The van der Waals surface area contributed by atoms with Gasteiger partial charge in [-0.3, -0.25) is 4.79 Å². The average molecular weight is 189 g/mol. The van der Waals surface area contributed by atoms with E-state index in [0.717, 1.165) is 0 Å². The van der Waals surface area contributed by atoms with Crippen LogP contribution in [0, 0.1) is 0 Å². The molecule has 6 heteroatoms. The molecule has 1 saturated heterocycles. The first-order chi connectivity index (χ1) is 6.11. The van der Waals surface area contributed by atoms with Crippen LogP contribution in [0.2, 0.25) is 0 Å². The number of carbonyl (C=O) groups excluding carboxylic acids is 2. The Balaban J connectivity index is 0. The maximum atomic E-state index is 10.1. The van der Waals surface area contributed by atoms with Crippen molar-refractivity contribution in [2.24, 2.45) is 5.90 Å². The summed E-state index contributed by atoms with van der Waals surface area (Å²) in [6.07, 6.45) is -1.42. The van der Waals surface area contributed by atoms with Crippen molar-refractivity contribution in [1.82, 2.24) is 0 Å². The number of cyclic esters (lactones) is 2. The SMILES string of the molecule is C=C=C.NO.O=C1CC(O)C(=O)O1. The van der Waals surface area contributed by atoms with Crippen LogP contribution in [0.1, 0.15) is 6.42 Å². The molecule has 0 saturated carbocycles. The predicted molar refractivity (Wildman–Crippen MR) is 42.5 cm³/mol. The first-order valence-corrected chi connectivity index (χ1v) is 3.09. The topological polar surface area (TPSA) is 110 Å². The minimum Gasteiger partial charge on any atom is -0.391 e. The molecule has 1 heterocycles. The van der Waals surface area contributed by atoms with Crippen LogP contribution in [0.3, 0.4) is 0 Å². The third-order valence-corrected chi connectivity index (χ3v) is 0.847. The van der Waals surface area contributed by atoms with E-state index in [4.69, 9.17) is 10.3 Å². The Kier molecular flexibility index (Phi) is 9.36. The molecule has 0 aromatic heterocycles. The highest BCUT2D eigenvalue weighted by molar-refractivity contribution is 5.95. The minimum atomic E-state index is -1.22. The standard InChI is InChI=1S/C4H4O4.C3H4.H3NO/c5-2-1-3(6)8-4(2)7;1-3-2;1-2/h2,5H,1H2;1-2H2;2H,1H2. The van der Waals surface area contributed by atoms with E-state index in [1.54, 1.807) is 0 Å². The molecule has 13 heavy (non-hydrogen) atoms. The predicted octanol–water partition coefficient (Wildman–Crippen LogP) is -0.888. The number of aliphatic hydroxyl groups excluding tert-OH is 1. The summed E-state index contributed by atoms with van der Waals surface area (Å²) >= 11 is 0. The van der Waals surface area contributed by atoms with Gasteiger partial charge in [0.2, 0.25) is 0 Å². The first kappa shape index (κ1) is 14.1. The van der Waals surface area contributed by atoms with E-state index in [1.807, 2.05) is 0 Å². The summed E-state index contributed by atoms with van der Waals surface area (Å²) in [6, 6.07) is 0. The molecule has 0 bridgehead atoms. The second-order valence-corrected chi connectivity index (χ2v) is 1.76. The zero-order chi connectivity index (χ0) is 10.9. The quantitative estimate of drug-likeness (QED) is 0.197. The highest BCUT2D eigenvalue weighted by atomic mass is 16.6. The fourth-order valence-electron chi connectivity index (χ4n) is 0.463. The van der Waals surface area contributed by atoms with Crippen LogP contribution in [0.4, 0.5) is 0 Å². The smallest absolute Gasteiger partial charge is 0.343 e. The second-order valence-electron chi connectivity index (χ2n) is 1.76. The van der Waals surface area contributed by atoms with Crippen LogP contribution in [-0.2, 0) is 14.3 Å². The van der Waals surface area contributed by atoms with Gasteiger partial charge in [0.25, 0.3) is 0 Å². The van der Waals surface area contributed by atoms with E-state index in [2.05, 4.69) is 29.5 Å². The Labute approximate surface area is 74.9 Å². The Morgan fingerprint density at radius 2 is 1.85 bits per heavy atom. The summed E-state index contributed by atoms with van der Waals surface area (Å²) < 4.78 is 3.95. The molecule has 1 atom stereocenters. The average Bonchev–Trinajstić information content (AvgIpc) is 2.35. The summed E-state index contributed by atoms with van der Waals surface area (Å²) in [5.41, 5.74) is 2.25. The molecule has 0 spiro atoms. The van der Waals surface area contributed by atoms with Gasteiger partial charge in [-0.15, -0.1) is 5.73 Å². The maximum absolute atomic E-state index is 10.1. The first-order valence-electron chi connectivity index (χ1n) is 3.09. The van der Waals surface area contributed by atoms with Crippen molar-refractivity contribution in [1.29, 1.82) is 0 Å². The van der Waals surface area contributed by atoms with Crippen LogP contribution in [0.25, 0.3) is 0 Å². The van der Waals surface area contributed by atoms with E-state index >= 15 is 0 Å². The van der Waals surface area contributed by atoms with Gasteiger partial charge in [0.1, 0.15) is 0 Å². The number of carbonyl (C=O) groups is 2. The number of rotatable bonds is 0. The lowest BCUT2D eigenvalue weighted by atomic mass is 10.3. The molecule has 1 unspecified atom stereocenters. The maximum Gasteiger partial charge on any atom is 0.343 e. The lowest BCUT2D eigenvalue weighted by Crippen LogP contribution is -2.11. The molecule has 74 valence electrons. The highest BCUT2D eigenvalue weighted by Crippen LogP contribution is 2.05. The molecule has 6 nitrogen and oxygen atoms in total. The van der Waals surface area contributed by atoms with Gasteiger partial charge in [0.05, 0.1) is 6.42 Å². The van der Waals surface area contributed by atoms with Gasteiger partial charge in [-0.1, -0.05) is 13.2 Å². The minimum absolute atomic E-state index is 0.196. The van der Waals surface area contributed by atoms with Crippen molar-refractivity contribution in [3.05, 3.63) is 18.9 Å². The van der Waals surface area contributed by atoms with E-state index in [-0.39, 0.29) is 6.42 Å². The highest BCUT2D eigenvalue weighted by Gasteiger charge is 2.30. The number of hydrogen-bond acceptors (Lipinski definition) is 6. The normalized spacial score (nSPS) is 18.5. The fraction of sp³-hybridized carbons (Fsp3) is 0.286. The summed E-state index contributed by atoms with van der Waals surface area (Å²) in [5.74, 6) is 2.01.